The minimum atomic E-state index is 0.136. The zero-order chi connectivity index (χ0) is 17.6. The van der Waals surface area contributed by atoms with E-state index in [9.17, 15) is 4.79 Å². The highest BCUT2D eigenvalue weighted by Gasteiger charge is 2.21. The molecule has 0 bridgehead atoms. The van der Waals surface area contributed by atoms with Crippen molar-refractivity contribution in [2.45, 2.75) is 6.54 Å². The number of para-hydroxylation sites is 1. The average molecular weight is 358 g/mol. The molecule has 0 radical (unpaired) electrons. The van der Waals surface area contributed by atoms with Gasteiger partial charge in [-0.25, -0.2) is 0 Å². The molecule has 1 saturated heterocycles. The number of amides is 1. The monoisotopic (exact) mass is 357 g/mol. The number of halogens is 1. The van der Waals surface area contributed by atoms with Crippen molar-refractivity contribution in [1.82, 2.24) is 9.80 Å². The lowest BCUT2D eigenvalue weighted by Crippen LogP contribution is -2.49. The molecule has 0 unspecified atom stereocenters. The summed E-state index contributed by atoms with van der Waals surface area (Å²) in [6, 6.07) is 17.8. The third-order valence-corrected chi connectivity index (χ3v) is 4.91. The van der Waals surface area contributed by atoms with Gasteiger partial charge in [0.15, 0.2) is 0 Å². The van der Waals surface area contributed by atoms with E-state index >= 15 is 0 Å². The minimum Gasteiger partial charge on any atom is -0.314 e. The number of nitrogens with zero attached hydrogens (tertiary/aromatic N) is 3. The lowest BCUT2D eigenvalue weighted by atomic mass is 10.2. The summed E-state index contributed by atoms with van der Waals surface area (Å²) in [5, 5.41) is 0.773. The van der Waals surface area contributed by atoms with Crippen LogP contribution in [0.15, 0.2) is 54.6 Å². The first-order chi connectivity index (χ1) is 12.1. The molecule has 0 aliphatic carbocycles. The summed E-state index contributed by atoms with van der Waals surface area (Å²) in [6.07, 6.45) is 0. The first kappa shape index (κ1) is 17.9. The van der Waals surface area contributed by atoms with Crippen molar-refractivity contribution < 1.29 is 4.79 Å². The van der Waals surface area contributed by atoms with Crippen LogP contribution in [0.25, 0.3) is 0 Å². The van der Waals surface area contributed by atoms with E-state index in [2.05, 4.69) is 21.9 Å². The number of piperazine rings is 1. The smallest absolute Gasteiger partial charge is 0.240 e. The number of rotatable bonds is 5. The number of likely N-dealkylation sites (N-methyl/N-ethyl adjacent to an activating group) is 1. The highest BCUT2D eigenvalue weighted by atomic mass is 35.5. The van der Waals surface area contributed by atoms with Crippen LogP contribution in [0.1, 0.15) is 5.56 Å². The Labute approximate surface area is 154 Å². The van der Waals surface area contributed by atoms with Gasteiger partial charge in [-0.3, -0.25) is 14.6 Å². The first-order valence-corrected chi connectivity index (χ1v) is 9.00. The van der Waals surface area contributed by atoms with Gasteiger partial charge in [0.25, 0.3) is 0 Å². The second-order valence-corrected chi connectivity index (χ2v) is 6.90. The molecule has 1 fully saturated rings. The summed E-state index contributed by atoms with van der Waals surface area (Å²) < 4.78 is 0. The number of carbonyl (C=O) groups is 1. The summed E-state index contributed by atoms with van der Waals surface area (Å²) >= 11 is 5.94. The molecule has 3 rings (SSSR count). The molecule has 0 atom stereocenters. The fourth-order valence-electron chi connectivity index (χ4n) is 3.05. The van der Waals surface area contributed by atoms with E-state index in [0.717, 1.165) is 43.4 Å². The highest BCUT2D eigenvalue weighted by Crippen LogP contribution is 2.14. The van der Waals surface area contributed by atoms with Crippen LogP contribution in [0.4, 0.5) is 5.69 Å². The molecule has 132 valence electrons. The largest absolute Gasteiger partial charge is 0.314 e. The molecule has 25 heavy (non-hydrogen) atoms. The molecule has 1 amide bonds. The predicted molar refractivity (Wildman–Crippen MR) is 103 cm³/mol. The fourth-order valence-corrected chi connectivity index (χ4v) is 3.17. The maximum Gasteiger partial charge on any atom is 0.240 e. The molecule has 0 spiro atoms. The minimum absolute atomic E-state index is 0.136. The first-order valence-electron chi connectivity index (χ1n) is 8.62. The second-order valence-electron chi connectivity index (χ2n) is 6.47. The zero-order valence-electron chi connectivity index (χ0n) is 14.6. The number of anilines is 1. The van der Waals surface area contributed by atoms with Crippen LogP contribution < -0.4 is 4.90 Å². The topological polar surface area (TPSA) is 26.8 Å². The van der Waals surface area contributed by atoms with E-state index in [0.29, 0.717) is 6.54 Å². The number of hydrogen-bond donors (Lipinski definition) is 0. The summed E-state index contributed by atoms with van der Waals surface area (Å²) in [4.78, 5) is 18.9. The van der Waals surface area contributed by atoms with Crippen LogP contribution in [0.3, 0.4) is 0 Å². The average Bonchev–Trinajstić information content (AvgIpc) is 2.65. The van der Waals surface area contributed by atoms with Crippen molar-refractivity contribution in [3.63, 3.8) is 0 Å². The summed E-state index contributed by atoms with van der Waals surface area (Å²) in [5.41, 5.74) is 2.21. The molecule has 1 heterocycles. The van der Waals surface area contributed by atoms with Crippen molar-refractivity contribution in [2.75, 3.05) is 44.7 Å². The summed E-state index contributed by atoms with van der Waals surface area (Å²) in [7, 11) is 1.84. The molecule has 0 N–H and O–H groups in total. The molecule has 5 heteroatoms. The van der Waals surface area contributed by atoms with Gasteiger partial charge in [-0.05, 0) is 29.8 Å². The molecule has 2 aromatic rings. The van der Waals surface area contributed by atoms with Crippen LogP contribution >= 0.6 is 11.6 Å². The molecule has 1 aliphatic rings. The van der Waals surface area contributed by atoms with Crippen molar-refractivity contribution in [3.05, 3.63) is 65.2 Å². The van der Waals surface area contributed by atoms with Crippen LogP contribution in [0.5, 0.6) is 0 Å². The van der Waals surface area contributed by atoms with Gasteiger partial charge >= 0.3 is 0 Å². The Morgan fingerprint density at radius 3 is 2.20 bits per heavy atom. The summed E-state index contributed by atoms with van der Waals surface area (Å²) in [6.45, 7) is 5.20. The number of hydrogen-bond acceptors (Lipinski definition) is 3. The van der Waals surface area contributed by atoms with Gasteiger partial charge in [-0.15, -0.1) is 0 Å². The Balaban J connectivity index is 1.46. The van der Waals surface area contributed by atoms with Gasteiger partial charge < -0.3 is 4.90 Å². The Morgan fingerprint density at radius 1 is 0.960 bits per heavy atom. The summed E-state index contributed by atoms with van der Waals surface area (Å²) in [5.74, 6) is 0.136. The van der Waals surface area contributed by atoms with E-state index in [1.54, 1.807) is 4.90 Å². The van der Waals surface area contributed by atoms with Gasteiger partial charge in [-0.2, -0.15) is 0 Å². The lowest BCUT2D eigenvalue weighted by Gasteiger charge is -2.35. The molecule has 0 saturated carbocycles. The Morgan fingerprint density at radius 2 is 1.56 bits per heavy atom. The van der Waals surface area contributed by atoms with Gasteiger partial charge in [0.05, 0.1) is 6.54 Å². The van der Waals surface area contributed by atoms with E-state index < -0.39 is 0 Å². The third-order valence-electron chi connectivity index (χ3n) is 4.66. The van der Waals surface area contributed by atoms with Crippen LogP contribution in [-0.4, -0.2) is 55.5 Å². The predicted octanol–water partition coefficient (Wildman–Crippen LogP) is 3.12. The van der Waals surface area contributed by atoms with Gasteiger partial charge in [0.1, 0.15) is 0 Å². The fraction of sp³-hybridized carbons (Fsp3) is 0.350. The van der Waals surface area contributed by atoms with E-state index in [1.165, 1.54) is 5.56 Å². The van der Waals surface area contributed by atoms with E-state index in [4.69, 9.17) is 11.6 Å². The number of benzene rings is 2. The highest BCUT2D eigenvalue weighted by molar-refractivity contribution is 6.30. The van der Waals surface area contributed by atoms with Gasteiger partial charge in [0, 0.05) is 50.5 Å². The van der Waals surface area contributed by atoms with Crippen molar-refractivity contribution in [1.29, 1.82) is 0 Å². The van der Waals surface area contributed by atoms with Gasteiger partial charge in [-0.1, -0.05) is 41.9 Å². The van der Waals surface area contributed by atoms with Crippen molar-refractivity contribution in [3.8, 4) is 0 Å². The molecule has 4 nitrogen and oxygen atoms in total. The van der Waals surface area contributed by atoms with Gasteiger partial charge in [0.2, 0.25) is 5.91 Å². The SMILES string of the molecule is CN(C(=O)CN1CCN(Cc2ccc(Cl)cc2)CC1)c1ccccc1. The van der Waals surface area contributed by atoms with Crippen molar-refractivity contribution >= 4 is 23.2 Å². The van der Waals surface area contributed by atoms with E-state index in [1.807, 2.05) is 49.5 Å². The van der Waals surface area contributed by atoms with Crippen LogP contribution in [0, 0.1) is 0 Å². The Kier molecular flexibility index (Phi) is 6.08. The maximum absolute atomic E-state index is 12.5. The Bertz CT molecular complexity index is 682. The normalized spacial score (nSPS) is 15.9. The molecular formula is C20H24ClN3O. The van der Waals surface area contributed by atoms with Crippen LogP contribution in [0.2, 0.25) is 5.02 Å². The number of carbonyl (C=O) groups excluding carboxylic acids is 1. The van der Waals surface area contributed by atoms with E-state index in [-0.39, 0.29) is 5.91 Å². The quantitative estimate of drug-likeness (QED) is 0.822. The molecule has 0 aromatic heterocycles. The van der Waals surface area contributed by atoms with Crippen molar-refractivity contribution in [2.24, 2.45) is 0 Å². The lowest BCUT2D eigenvalue weighted by molar-refractivity contribution is -0.119. The molecule has 2 aromatic carbocycles. The Hall–Kier alpha value is -1.88. The standard InChI is InChI=1S/C20H24ClN3O/c1-22(19-5-3-2-4-6-19)20(25)16-24-13-11-23(12-14-24)15-17-7-9-18(21)10-8-17/h2-10H,11-16H2,1H3. The third kappa shape index (κ3) is 5.05. The zero-order valence-corrected chi connectivity index (χ0v) is 15.3. The molecule has 1 aliphatic heterocycles. The molecular weight excluding hydrogens is 334 g/mol. The maximum atomic E-state index is 12.5. The van der Waals surface area contributed by atoms with Crippen LogP contribution in [-0.2, 0) is 11.3 Å². The second kappa shape index (κ2) is 8.48.